The summed E-state index contributed by atoms with van der Waals surface area (Å²) in [6.07, 6.45) is 1.79. The number of carbonyl (C=O) groups is 1. The molecule has 0 saturated carbocycles. The number of oxime groups is 1. The van der Waals surface area contributed by atoms with Crippen LogP contribution < -0.4 is 26.3 Å². The number of methoxy groups -OCH3 is 1. The first-order valence-electron chi connectivity index (χ1n) is 7.61. The van der Waals surface area contributed by atoms with Crippen LogP contribution in [0.4, 0.5) is 11.8 Å². The molecule has 2 rings (SSSR count). The van der Waals surface area contributed by atoms with Crippen LogP contribution in [0.15, 0.2) is 23.5 Å². The quantitative estimate of drug-likeness (QED) is 0.191. The van der Waals surface area contributed by atoms with E-state index in [1.54, 1.807) is 12.1 Å². The lowest BCUT2D eigenvalue weighted by atomic mass is 9.99. The summed E-state index contributed by atoms with van der Waals surface area (Å²) in [6, 6.07) is 3.31. The highest BCUT2D eigenvalue weighted by atomic mass is 16.5. The Kier molecular flexibility index (Phi) is 5.78. The zero-order valence-corrected chi connectivity index (χ0v) is 14.6. The molecule has 0 radical (unpaired) electrons. The molecule has 1 aromatic carbocycles. The molecule has 2 aromatic rings. The van der Waals surface area contributed by atoms with Crippen LogP contribution >= 0.6 is 0 Å². The van der Waals surface area contributed by atoms with E-state index in [4.69, 9.17) is 26.1 Å². The fraction of sp³-hybridized carbons (Fsp3) is 0.250. The van der Waals surface area contributed by atoms with Crippen molar-refractivity contribution in [1.82, 2.24) is 9.97 Å². The Balaban J connectivity index is 2.59. The number of ether oxygens (including phenoxy) is 2. The average Bonchev–Trinajstić information content (AvgIpc) is 2.62. The highest BCUT2D eigenvalue weighted by Crippen LogP contribution is 2.37. The molecule has 1 heterocycles. The van der Waals surface area contributed by atoms with Crippen molar-refractivity contribution in [2.75, 3.05) is 18.2 Å². The van der Waals surface area contributed by atoms with Gasteiger partial charge >= 0.3 is 0 Å². The van der Waals surface area contributed by atoms with Gasteiger partial charge in [0.15, 0.2) is 17.4 Å². The van der Waals surface area contributed by atoms with Gasteiger partial charge in [0.05, 0.1) is 18.9 Å². The van der Waals surface area contributed by atoms with Crippen LogP contribution in [0, 0.1) is 0 Å². The van der Waals surface area contributed by atoms with Gasteiger partial charge in [-0.05, 0) is 18.1 Å². The second kappa shape index (κ2) is 8.01. The Labute approximate surface area is 149 Å². The van der Waals surface area contributed by atoms with E-state index >= 15 is 0 Å². The van der Waals surface area contributed by atoms with Gasteiger partial charge in [0.1, 0.15) is 11.5 Å². The number of aromatic nitrogens is 2. The number of anilines is 2. The summed E-state index contributed by atoms with van der Waals surface area (Å²) in [4.78, 5) is 18.6. The molecule has 0 aliphatic heterocycles. The van der Waals surface area contributed by atoms with Gasteiger partial charge in [-0.15, -0.1) is 0 Å². The normalized spacial score (nSPS) is 11.3. The summed E-state index contributed by atoms with van der Waals surface area (Å²) in [5.74, 6) is 1.05. The minimum atomic E-state index is -0.137. The maximum Gasteiger partial charge on any atom is 0.222 e. The molecule has 0 unspecified atom stereocenters. The molecule has 0 aliphatic rings. The Bertz CT molecular complexity index is 838. The predicted octanol–water partition coefficient (Wildman–Crippen LogP) is 1.65. The second-order valence-corrected chi connectivity index (χ2v) is 5.54. The standard InChI is InChI=1S/C16H20N6O4/c1-8(2)9-4-11(25-3)10(14(17)22-24)5-12(9)26-13-6-19-16(18)21-15(13)20-7-23/h4-8,24H,1-3H3,(H2,17,22)(H3,18,19,20,21,23). The Hall–Kier alpha value is -3.56. The van der Waals surface area contributed by atoms with Crippen molar-refractivity contribution < 1.29 is 19.5 Å². The third-order valence-corrected chi connectivity index (χ3v) is 3.53. The van der Waals surface area contributed by atoms with Gasteiger partial charge in [-0.25, -0.2) is 4.98 Å². The fourth-order valence-corrected chi connectivity index (χ4v) is 2.27. The molecule has 1 aromatic heterocycles. The number of nitrogens with two attached hydrogens (primary N) is 2. The third-order valence-electron chi connectivity index (χ3n) is 3.53. The van der Waals surface area contributed by atoms with Crippen LogP contribution in [0.1, 0.15) is 30.9 Å². The minimum Gasteiger partial charge on any atom is -0.496 e. The van der Waals surface area contributed by atoms with Crippen molar-refractivity contribution in [3.8, 4) is 17.2 Å². The molecule has 0 spiro atoms. The van der Waals surface area contributed by atoms with E-state index in [9.17, 15) is 4.79 Å². The topological polar surface area (TPSA) is 158 Å². The van der Waals surface area contributed by atoms with Crippen molar-refractivity contribution in [1.29, 1.82) is 0 Å². The van der Waals surface area contributed by atoms with E-state index in [2.05, 4.69) is 20.4 Å². The van der Waals surface area contributed by atoms with E-state index in [1.807, 2.05) is 13.8 Å². The van der Waals surface area contributed by atoms with Gasteiger partial charge in [0, 0.05) is 5.56 Å². The molecule has 26 heavy (non-hydrogen) atoms. The van der Waals surface area contributed by atoms with Gasteiger partial charge in [-0.2, -0.15) is 4.98 Å². The molecule has 6 N–H and O–H groups in total. The summed E-state index contributed by atoms with van der Waals surface area (Å²) in [5, 5.41) is 14.4. The summed E-state index contributed by atoms with van der Waals surface area (Å²) in [5.41, 5.74) is 12.4. The van der Waals surface area contributed by atoms with Gasteiger partial charge < -0.3 is 31.5 Å². The second-order valence-electron chi connectivity index (χ2n) is 5.54. The van der Waals surface area contributed by atoms with Crippen LogP contribution in [0.5, 0.6) is 17.2 Å². The predicted molar refractivity (Wildman–Crippen MR) is 95.8 cm³/mol. The number of hydrogen-bond donors (Lipinski definition) is 4. The van der Waals surface area contributed by atoms with Crippen molar-refractivity contribution in [2.24, 2.45) is 10.9 Å². The largest absolute Gasteiger partial charge is 0.496 e. The number of amides is 1. The fourth-order valence-electron chi connectivity index (χ4n) is 2.27. The van der Waals surface area contributed by atoms with Crippen LogP contribution in [0.25, 0.3) is 0 Å². The highest BCUT2D eigenvalue weighted by Gasteiger charge is 2.19. The smallest absolute Gasteiger partial charge is 0.222 e. The van der Waals surface area contributed by atoms with E-state index < -0.39 is 0 Å². The lowest BCUT2D eigenvalue weighted by Gasteiger charge is -2.18. The number of nitrogen functional groups attached to an aromatic ring is 1. The molecule has 0 fully saturated rings. The first kappa shape index (κ1) is 18.8. The van der Waals surface area contributed by atoms with Crippen LogP contribution in [-0.2, 0) is 4.79 Å². The van der Waals surface area contributed by atoms with Gasteiger partial charge in [-0.1, -0.05) is 19.0 Å². The average molecular weight is 360 g/mol. The van der Waals surface area contributed by atoms with E-state index in [0.717, 1.165) is 5.56 Å². The summed E-state index contributed by atoms with van der Waals surface area (Å²) >= 11 is 0. The summed E-state index contributed by atoms with van der Waals surface area (Å²) in [6.45, 7) is 3.93. The number of amidine groups is 1. The molecule has 138 valence electrons. The molecule has 0 bridgehead atoms. The maximum atomic E-state index is 10.8. The van der Waals surface area contributed by atoms with Crippen molar-refractivity contribution in [3.63, 3.8) is 0 Å². The van der Waals surface area contributed by atoms with E-state index in [-0.39, 0.29) is 29.3 Å². The minimum absolute atomic E-state index is 0.0159. The number of benzene rings is 1. The number of carbonyl (C=O) groups excluding carboxylic acids is 1. The van der Waals surface area contributed by atoms with Gasteiger partial charge in [0.25, 0.3) is 0 Å². The summed E-state index contributed by atoms with van der Waals surface area (Å²) in [7, 11) is 1.48. The third kappa shape index (κ3) is 3.91. The van der Waals surface area contributed by atoms with Crippen LogP contribution in [0.2, 0.25) is 0 Å². The first-order valence-corrected chi connectivity index (χ1v) is 7.61. The molecule has 0 atom stereocenters. The lowest BCUT2D eigenvalue weighted by molar-refractivity contribution is -0.105. The Morgan fingerprint density at radius 1 is 1.35 bits per heavy atom. The molecule has 10 nitrogen and oxygen atoms in total. The molecule has 0 aliphatic carbocycles. The molecular formula is C16H20N6O4. The molecular weight excluding hydrogens is 340 g/mol. The number of rotatable bonds is 7. The van der Waals surface area contributed by atoms with Gasteiger partial charge in [-0.3, -0.25) is 4.79 Å². The zero-order chi connectivity index (χ0) is 19.3. The number of nitrogens with one attached hydrogen (secondary N) is 1. The van der Waals surface area contributed by atoms with Crippen LogP contribution in [-0.4, -0.2) is 34.5 Å². The number of hydrogen-bond acceptors (Lipinski definition) is 8. The Morgan fingerprint density at radius 3 is 2.65 bits per heavy atom. The highest BCUT2D eigenvalue weighted by molar-refractivity contribution is 6.00. The molecule has 1 amide bonds. The Morgan fingerprint density at radius 2 is 2.08 bits per heavy atom. The van der Waals surface area contributed by atoms with Gasteiger partial charge in [0.2, 0.25) is 12.4 Å². The van der Waals surface area contributed by atoms with Crippen LogP contribution in [0.3, 0.4) is 0 Å². The number of nitrogens with zero attached hydrogens (tertiary/aromatic N) is 3. The first-order chi connectivity index (χ1) is 12.4. The maximum absolute atomic E-state index is 10.8. The van der Waals surface area contributed by atoms with E-state index in [1.165, 1.54) is 13.3 Å². The lowest BCUT2D eigenvalue weighted by Crippen LogP contribution is -2.15. The monoisotopic (exact) mass is 360 g/mol. The summed E-state index contributed by atoms with van der Waals surface area (Å²) < 4.78 is 11.2. The molecule has 0 saturated heterocycles. The van der Waals surface area contributed by atoms with Crippen molar-refractivity contribution in [3.05, 3.63) is 29.5 Å². The van der Waals surface area contributed by atoms with E-state index in [0.29, 0.717) is 23.5 Å². The molecule has 10 heteroatoms. The van der Waals surface area contributed by atoms with Crippen molar-refractivity contribution in [2.45, 2.75) is 19.8 Å². The SMILES string of the molecule is COc1cc(C(C)C)c(Oc2cnc(N)nc2NC=O)cc1/C(N)=N/O. The van der Waals surface area contributed by atoms with Crippen molar-refractivity contribution >= 4 is 24.0 Å². The zero-order valence-electron chi connectivity index (χ0n) is 14.6.